The van der Waals surface area contributed by atoms with E-state index in [-0.39, 0.29) is 5.69 Å². The maximum absolute atomic E-state index is 11.5. The normalized spacial score (nSPS) is 10.7. The van der Waals surface area contributed by atoms with Crippen molar-refractivity contribution in [2.45, 2.75) is 13.0 Å². The van der Waals surface area contributed by atoms with E-state index in [1.54, 1.807) is 11.8 Å². The van der Waals surface area contributed by atoms with Gasteiger partial charge in [-0.2, -0.15) is 0 Å². The van der Waals surface area contributed by atoms with Crippen molar-refractivity contribution in [3.8, 4) is 0 Å². The van der Waals surface area contributed by atoms with Crippen LogP contribution in [0.1, 0.15) is 16.2 Å². The Hall–Kier alpha value is -1.51. The van der Waals surface area contributed by atoms with E-state index in [0.29, 0.717) is 45.0 Å². The number of hydrogen-bond acceptors (Lipinski definition) is 7. The first-order chi connectivity index (χ1) is 9.24. The van der Waals surface area contributed by atoms with Gasteiger partial charge in [0.2, 0.25) is 0 Å². The molecule has 0 atom stereocenters. The van der Waals surface area contributed by atoms with E-state index in [4.69, 9.17) is 15.2 Å². The first-order valence-corrected chi connectivity index (χ1v) is 6.02. The zero-order valence-electron chi connectivity index (χ0n) is 11.3. The Labute approximate surface area is 111 Å². The van der Waals surface area contributed by atoms with Gasteiger partial charge in [-0.05, 0) is 6.54 Å². The maximum atomic E-state index is 11.5. The summed E-state index contributed by atoms with van der Waals surface area (Å²) in [7, 11) is 2.92. The maximum Gasteiger partial charge on any atom is 0.360 e. The minimum absolute atomic E-state index is 0.213. The van der Waals surface area contributed by atoms with Gasteiger partial charge in [-0.3, -0.25) is 0 Å². The van der Waals surface area contributed by atoms with E-state index in [9.17, 15) is 4.79 Å². The first kappa shape index (κ1) is 15.5. The molecular weight excluding hydrogens is 252 g/mol. The van der Waals surface area contributed by atoms with Gasteiger partial charge < -0.3 is 19.9 Å². The number of esters is 1. The molecule has 0 spiro atoms. The Kier molecular flexibility index (Phi) is 7.01. The number of carbonyl (C=O) groups excluding carboxylic acids is 1. The van der Waals surface area contributed by atoms with Crippen LogP contribution in [0.25, 0.3) is 0 Å². The van der Waals surface area contributed by atoms with E-state index in [1.165, 1.54) is 7.11 Å². The summed E-state index contributed by atoms with van der Waals surface area (Å²) in [6.07, 6.45) is 0.509. The molecule has 1 aromatic heterocycles. The van der Waals surface area contributed by atoms with Crippen LogP contribution in [0.5, 0.6) is 0 Å². The smallest absolute Gasteiger partial charge is 0.360 e. The van der Waals surface area contributed by atoms with Crippen molar-refractivity contribution < 1.29 is 19.0 Å². The number of carbonyl (C=O) groups is 1. The van der Waals surface area contributed by atoms with Gasteiger partial charge >= 0.3 is 5.97 Å². The molecule has 0 saturated heterocycles. The Morgan fingerprint density at radius 1 is 1.32 bits per heavy atom. The molecule has 0 radical (unpaired) electrons. The van der Waals surface area contributed by atoms with Gasteiger partial charge in [-0.15, -0.1) is 5.10 Å². The summed E-state index contributed by atoms with van der Waals surface area (Å²) in [5.41, 5.74) is 6.41. The van der Waals surface area contributed by atoms with Gasteiger partial charge in [-0.25, -0.2) is 9.48 Å². The Balaban J connectivity index is 2.61. The molecule has 0 aliphatic rings. The zero-order valence-corrected chi connectivity index (χ0v) is 11.3. The molecular formula is C11H20N4O4. The highest BCUT2D eigenvalue weighted by Gasteiger charge is 2.19. The van der Waals surface area contributed by atoms with E-state index >= 15 is 0 Å². The van der Waals surface area contributed by atoms with E-state index < -0.39 is 5.97 Å². The molecule has 0 fully saturated rings. The van der Waals surface area contributed by atoms with Crippen molar-refractivity contribution in [2.24, 2.45) is 5.73 Å². The Morgan fingerprint density at radius 3 is 2.74 bits per heavy atom. The Morgan fingerprint density at radius 2 is 2.11 bits per heavy atom. The fraction of sp³-hybridized carbons (Fsp3) is 0.727. The number of rotatable bonds is 9. The van der Waals surface area contributed by atoms with Gasteiger partial charge in [-0.1, -0.05) is 5.21 Å². The second-order valence-corrected chi connectivity index (χ2v) is 3.74. The molecule has 0 bridgehead atoms. The summed E-state index contributed by atoms with van der Waals surface area (Å²) < 4.78 is 16.5. The molecule has 0 unspecified atom stereocenters. The van der Waals surface area contributed by atoms with Crippen LogP contribution in [0.15, 0.2) is 0 Å². The highest BCUT2D eigenvalue weighted by molar-refractivity contribution is 5.88. The Bertz CT molecular complexity index is 394. The molecule has 2 N–H and O–H groups in total. The lowest BCUT2D eigenvalue weighted by Gasteiger charge is -2.07. The zero-order chi connectivity index (χ0) is 14.1. The standard InChI is InChI=1S/C11H20N4O4/c1-17-7-8-19-6-5-15-9(3-4-12)10(13-14-15)11(16)18-2/h3-8,12H2,1-2H3. The molecule has 1 heterocycles. The third-order valence-electron chi connectivity index (χ3n) is 2.48. The molecule has 0 aliphatic heterocycles. The highest BCUT2D eigenvalue weighted by atomic mass is 16.5. The van der Waals surface area contributed by atoms with Crippen molar-refractivity contribution in [3.63, 3.8) is 0 Å². The predicted molar refractivity (Wildman–Crippen MR) is 66.8 cm³/mol. The molecule has 8 nitrogen and oxygen atoms in total. The van der Waals surface area contributed by atoms with Gasteiger partial charge in [0.25, 0.3) is 0 Å². The van der Waals surface area contributed by atoms with Gasteiger partial charge in [0.05, 0.1) is 39.2 Å². The fourth-order valence-electron chi connectivity index (χ4n) is 1.55. The molecule has 19 heavy (non-hydrogen) atoms. The fourth-order valence-corrected chi connectivity index (χ4v) is 1.55. The van der Waals surface area contributed by atoms with E-state index in [1.807, 2.05) is 0 Å². The molecule has 0 saturated carbocycles. The van der Waals surface area contributed by atoms with Crippen LogP contribution >= 0.6 is 0 Å². The first-order valence-electron chi connectivity index (χ1n) is 6.02. The summed E-state index contributed by atoms with van der Waals surface area (Å²) in [4.78, 5) is 11.5. The summed E-state index contributed by atoms with van der Waals surface area (Å²) in [6.45, 7) is 2.43. The summed E-state index contributed by atoms with van der Waals surface area (Å²) in [5.74, 6) is -0.505. The van der Waals surface area contributed by atoms with Crippen LogP contribution < -0.4 is 5.73 Å². The van der Waals surface area contributed by atoms with Crippen LogP contribution in [0.3, 0.4) is 0 Å². The van der Waals surface area contributed by atoms with Crippen molar-refractivity contribution >= 4 is 5.97 Å². The molecule has 0 aromatic carbocycles. The van der Waals surface area contributed by atoms with Crippen LogP contribution in [0.2, 0.25) is 0 Å². The average molecular weight is 272 g/mol. The molecule has 1 rings (SSSR count). The lowest BCUT2D eigenvalue weighted by molar-refractivity contribution is 0.0591. The van der Waals surface area contributed by atoms with Gasteiger partial charge in [0.15, 0.2) is 5.69 Å². The monoisotopic (exact) mass is 272 g/mol. The quantitative estimate of drug-likeness (QED) is 0.465. The highest BCUT2D eigenvalue weighted by Crippen LogP contribution is 2.07. The molecule has 1 aromatic rings. The number of nitrogens with zero attached hydrogens (tertiary/aromatic N) is 3. The lowest BCUT2D eigenvalue weighted by Crippen LogP contribution is -2.17. The minimum atomic E-state index is -0.505. The SMILES string of the molecule is COCCOCCn1nnc(C(=O)OC)c1CCN. The molecule has 0 aliphatic carbocycles. The van der Waals surface area contributed by atoms with Crippen molar-refractivity contribution in [2.75, 3.05) is 40.6 Å². The van der Waals surface area contributed by atoms with Gasteiger partial charge in [0, 0.05) is 13.5 Å². The van der Waals surface area contributed by atoms with Crippen molar-refractivity contribution in [1.29, 1.82) is 0 Å². The third kappa shape index (κ3) is 4.58. The minimum Gasteiger partial charge on any atom is -0.464 e. The molecule has 0 amide bonds. The largest absolute Gasteiger partial charge is 0.464 e. The summed E-state index contributed by atoms with van der Waals surface area (Å²) >= 11 is 0. The van der Waals surface area contributed by atoms with Crippen LogP contribution in [0.4, 0.5) is 0 Å². The second kappa shape index (κ2) is 8.57. The lowest BCUT2D eigenvalue weighted by atomic mass is 10.2. The predicted octanol–water partition coefficient (Wildman–Crippen LogP) is -0.771. The number of nitrogens with two attached hydrogens (primary N) is 1. The van der Waals surface area contributed by atoms with Crippen LogP contribution in [-0.4, -0.2) is 61.5 Å². The summed E-state index contributed by atoms with van der Waals surface area (Å²) in [6, 6.07) is 0. The molecule has 8 heteroatoms. The summed E-state index contributed by atoms with van der Waals surface area (Å²) in [5, 5.41) is 7.74. The van der Waals surface area contributed by atoms with Crippen molar-refractivity contribution in [3.05, 3.63) is 11.4 Å². The number of methoxy groups -OCH3 is 2. The van der Waals surface area contributed by atoms with E-state index in [2.05, 4.69) is 15.0 Å². The number of ether oxygens (including phenoxy) is 3. The topological polar surface area (TPSA) is 101 Å². The van der Waals surface area contributed by atoms with E-state index in [0.717, 1.165) is 0 Å². The molecule has 108 valence electrons. The van der Waals surface area contributed by atoms with Crippen LogP contribution in [-0.2, 0) is 27.2 Å². The number of hydrogen-bond donors (Lipinski definition) is 1. The second-order valence-electron chi connectivity index (χ2n) is 3.74. The number of aromatic nitrogens is 3. The van der Waals surface area contributed by atoms with Crippen molar-refractivity contribution in [1.82, 2.24) is 15.0 Å². The van der Waals surface area contributed by atoms with Gasteiger partial charge in [0.1, 0.15) is 0 Å². The average Bonchev–Trinajstić information content (AvgIpc) is 2.81. The third-order valence-corrected chi connectivity index (χ3v) is 2.48. The van der Waals surface area contributed by atoms with Crippen LogP contribution in [0, 0.1) is 0 Å².